The Balaban J connectivity index is 0.00000192. The quantitative estimate of drug-likeness (QED) is 0.801. The van der Waals surface area contributed by atoms with Crippen molar-refractivity contribution in [1.29, 1.82) is 0 Å². The zero-order valence-corrected chi connectivity index (χ0v) is 15.2. The largest absolute Gasteiger partial charge is 0.336 e. The van der Waals surface area contributed by atoms with Crippen LogP contribution in [0.1, 0.15) is 38.5 Å². The zero-order chi connectivity index (χ0) is 15.6. The predicted molar refractivity (Wildman–Crippen MR) is 92.2 cm³/mol. The van der Waals surface area contributed by atoms with Gasteiger partial charge in [-0.25, -0.2) is 8.42 Å². The molecule has 2 saturated heterocycles. The summed E-state index contributed by atoms with van der Waals surface area (Å²) < 4.78 is 27.0. The number of halogens is 1. The normalized spacial score (nSPS) is 27.9. The zero-order valence-electron chi connectivity index (χ0n) is 13.6. The van der Waals surface area contributed by atoms with Crippen LogP contribution in [-0.2, 0) is 14.8 Å². The fourth-order valence-electron chi connectivity index (χ4n) is 4.02. The third-order valence-corrected chi connectivity index (χ3v) is 7.25. The molecule has 1 amide bonds. The van der Waals surface area contributed by atoms with Gasteiger partial charge in [0.1, 0.15) is 0 Å². The second kappa shape index (κ2) is 8.14. The second-order valence-electron chi connectivity index (χ2n) is 6.85. The van der Waals surface area contributed by atoms with Crippen LogP contribution in [0.15, 0.2) is 0 Å². The fourth-order valence-corrected chi connectivity index (χ4v) is 5.96. The molecule has 3 fully saturated rings. The van der Waals surface area contributed by atoms with Crippen LogP contribution in [0.2, 0.25) is 0 Å². The van der Waals surface area contributed by atoms with E-state index in [9.17, 15) is 13.2 Å². The molecular formula is C15H28ClN3O3S. The van der Waals surface area contributed by atoms with Crippen molar-refractivity contribution in [2.75, 3.05) is 38.5 Å². The maximum atomic E-state index is 12.7. The lowest BCUT2D eigenvalue weighted by Crippen LogP contribution is -2.57. The molecule has 8 heteroatoms. The summed E-state index contributed by atoms with van der Waals surface area (Å²) in [5.74, 6) is 0.743. The van der Waals surface area contributed by atoms with Crippen molar-refractivity contribution in [3.63, 3.8) is 0 Å². The van der Waals surface area contributed by atoms with E-state index >= 15 is 0 Å². The molecule has 134 valence electrons. The summed E-state index contributed by atoms with van der Waals surface area (Å²) in [5.41, 5.74) is 0. The highest BCUT2D eigenvalue weighted by molar-refractivity contribution is 7.89. The van der Waals surface area contributed by atoms with E-state index in [1.165, 1.54) is 0 Å². The van der Waals surface area contributed by atoms with Gasteiger partial charge in [-0.2, -0.15) is 4.31 Å². The monoisotopic (exact) mass is 365 g/mol. The molecule has 1 N–H and O–H groups in total. The van der Waals surface area contributed by atoms with Gasteiger partial charge in [0.25, 0.3) is 0 Å². The third-order valence-electron chi connectivity index (χ3n) is 5.24. The van der Waals surface area contributed by atoms with Gasteiger partial charge < -0.3 is 10.2 Å². The smallest absolute Gasteiger partial charge is 0.236 e. The van der Waals surface area contributed by atoms with E-state index in [2.05, 4.69) is 5.32 Å². The lowest BCUT2D eigenvalue weighted by molar-refractivity contribution is -0.135. The number of nitrogens with one attached hydrogen (secondary N) is 1. The summed E-state index contributed by atoms with van der Waals surface area (Å²) in [7, 11) is -3.18. The molecule has 0 radical (unpaired) electrons. The number of sulfonamides is 1. The number of nitrogens with zero attached hydrogens (tertiary/aromatic N) is 2. The van der Waals surface area contributed by atoms with E-state index in [0.717, 1.165) is 45.1 Å². The number of piperidine rings is 1. The first-order valence-electron chi connectivity index (χ1n) is 8.54. The number of carbonyl (C=O) groups is 1. The maximum Gasteiger partial charge on any atom is 0.236 e. The lowest BCUT2D eigenvalue weighted by Gasteiger charge is -2.40. The van der Waals surface area contributed by atoms with Crippen LogP contribution in [0, 0.1) is 5.92 Å². The second-order valence-corrected chi connectivity index (χ2v) is 8.86. The van der Waals surface area contributed by atoms with Crippen LogP contribution < -0.4 is 5.32 Å². The van der Waals surface area contributed by atoms with Crippen LogP contribution >= 0.6 is 12.4 Å². The Morgan fingerprint density at radius 1 is 1.09 bits per heavy atom. The highest BCUT2D eigenvalue weighted by Crippen LogP contribution is 2.28. The molecule has 0 aromatic rings. The fraction of sp³-hybridized carbons (Fsp3) is 0.933. The van der Waals surface area contributed by atoms with Gasteiger partial charge in [0.2, 0.25) is 15.9 Å². The number of amides is 1. The number of hydrogen-bond donors (Lipinski definition) is 1. The van der Waals surface area contributed by atoms with Crippen molar-refractivity contribution in [2.45, 2.75) is 44.6 Å². The molecule has 2 heterocycles. The standard InChI is InChI=1S/C15H27N3O3S.ClH/c19-15-10-16-7-9-18(15)14-6-3-8-17(11-14)22(20,21)12-13-4-1-2-5-13;/h13-14,16H,1-12H2;1H. The molecule has 1 atom stereocenters. The minimum absolute atomic E-state index is 0. The van der Waals surface area contributed by atoms with Crippen molar-refractivity contribution >= 4 is 28.3 Å². The Morgan fingerprint density at radius 3 is 2.52 bits per heavy atom. The first-order valence-corrected chi connectivity index (χ1v) is 10.2. The average Bonchev–Trinajstić information content (AvgIpc) is 3.00. The molecule has 0 aromatic carbocycles. The van der Waals surface area contributed by atoms with E-state index in [0.29, 0.717) is 37.8 Å². The first-order chi connectivity index (χ1) is 10.6. The SMILES string of the molecule is Cl.O=C1CNCCN1C1CCCN(S(=O)(=O)CC2CCCC2)C1. The summed E-state index contributed by atoms with van der Waals surface area (Å²) in [6.07, 6.45) is 6.20. The Hall–Kier alpha value is -0.370. The number of carbonyl (C=O) groups excluding carboxylic acids is 1. The van der Waals surface area contributed by atoms with Crippen LogP contribution in [0.25, 0.3) is 0 Å². The molecule has 0 bridgehead atoms. The number of piperazine rings is 1. The van der Waals surface area contributed by atoms with Gasteiger partial charge in [0, 0.05) is 32.2 Å². The van der Waals surface area contributed by atoms with Crippen LogP contribution in [-0.4, -0.2) is 68.0 Å². The molecule has 6 nitrogen and oxygen atoms in total. The van der Waals surface area contributed by atoms with Gasteiger partial charge in [0.05, 0.1) is 12.3 Å². The highest BCUT2D eigenvalue weighted by Gasteiger charge is 2.35. The lowest BCUT2D eigenvalue weighted by atomic mass is 10.1. The third kappa shape index (κ3) is 4.59. The Kier molecular flexibility index (Phi) is 6.71. The van der Waals surface area contributed by atoms with Crippen molar-refractivity contribution in [2.24, 2.45) is 5.92 Å². The van der Waals surface area contributed by atoms with Crippen molar-refractivity contribution in [3.8, 4) is 0 Å². The molecule has 1 saturated carbocycles. The van der Waals surface area contributed by atoms with E-state index in [1.807, 2.05) is 4.90 Å². The van der Waals surface area contributed by atoms with Gasteiger partial charge in [-0.05, 0) is 31.6 Å². The van der Waals surface area contributed by atoms with Gasteiger partial charge in [0.15, 0.2) is 0 Å². The van der Waals surface area contributed by atoms with E-state index < -0.39 is 10.0 Å². The molecule has 0 spiro atoms. The summed E-state index contributed by atoms with van der Waals surface area (Å²) in [6.45, 7) is 2.98. The van der Waals surface area contributed by atoms with Crippen molar-refractivity contribution in [1.82, 2.24) is 14.5 Å². The van der Waals surface area contributed by atoms with Crippen LogP contribution in [0.3, 0.4) is 0 Å². The van der Waals surface area contributed by atoms with Gasteiger partial charge in [-0.3, -0.25) is 4.79 Å². The molecule has 0 aromatic heterocycles. The van der Waals surface area contributed by atoms with E-state index in [1.54, 1.807) is 4.31 Å². The summed E-state index contributed by atoms with van der Waals surface area (Å²) in [6, 6.07) is 0.0571. The predicted octanol–water partition coefficient (Wildman–Crippen LogP) is 0.824. The Morgan fingerprint density at radius 2 is 1.83 bits per heavy atom. The Labute approximate surface area is 145 Å². The molecule has 3 aliphatic rings. The first kappa shape index (κ1) is 19.0. The highest BCUT2D eigenvalue weighted by atomic mass is 35.5. The summed E-state index contributed by atoms with van der Waals surface area (Å²) >= 11 is 0. The summed E-state index contributed by atoms with van der Waals surface area (Å²) in [4.78, 5) is 13.9. The minimum atomic E-state index is -3.18. The molecule has 3 rings (SSSR count). The Bertz CT molecular complexity index is 508. The average molecular weight is 366 g/mol. The van der Waals surface area contributed by atoms with Crippen LogP contribution in [0.4, 0.5) is 0 Å². The molecule has 1 aliphatic carbocycles. The van der Waals surface area contributed by atoms with E-state index in [4.69, 9.17) is 0 Å². The van der Waals surface area contributed by atoms with Gasteiger partial charge >= 0.3 is 0 Å². The van der Waals surface area contributed by atoms with Crippen molar-refractivity contribution in [3.05, 3.63) is 0 Å². The summed E-state index contributed by atoms with van der Waals surface area (Å²) in [5, 5.41) is 3.07. The topological polar surface area (TPSA) is 69.7 Å². The molecule has 23 heavy (non-hydrogen) atoms. The van der Waals surface area contributed by atoms with Gasteiger partial charge in [-0.15, -0.1) is 12.4 Å². The number of rotatable bonds is 4. The molecule has 2 aliphatic heterocycles. The minimum Gasteiger partial charge on any atom is -0.336 e. The molecule has 1 unspecified atom stereocenters. The van der Waals surface area contributed by atoms with Crippen LogP contribution in [0.5, 0.6) is 0 Å². The van der Waals surface area contributed by atoms with Gasteiger partial charge in [-0.1, -0.05) is 12.8 Å². The maximum absolute atomic E-state index is 12.7. The molecular weight excluding hydrogens is 338 g/mol. The number of hydrogen-bond acceptors (Lipinski definition) is 4. The van der Waals surface area contributed by atoms with Crippen molar-refractivity contribution < 1.29 is 13.2 Å². The van der Waals surface area contributed by atoms with E-state index in [-0.39, 0.29) is 24.4 Å².